The lowest BCUT2D eigenvalue weighted by Gasteiger charge is -2.09. The van der Waals surface area contributed by atoms with Crippen LogP contribution in [-0.2, 0) is 0 Å². The number of rotatable bonds is 8. The Morgan fingerprint density at radius 1 is 1.24 bits per heavy atom. The van der Waals surface area contributed by atoms with Crippen molar-refractivity contribution >= 4 is 6.08 Å². The second-order valence-electron chi connectivity index (χ2n) is 4.02. The van der Waals surface area contributed by atoms with Crippen LogP contribution in [0.1, 0.15) is 38.2 Å². The average molecular weight is 234 g/mol. The molecule has 0 atom stereocenters. The molecule has 0 saturated carbocycles. The van der Waals surface area contributed by atoms with Gasteiger partial charge in [0.05, 0.1) is 13.7 Å². The number of unbranched alkanes of at least 4 members (excludes halogenated alkanes) is 3. The third-order valence-corrected chi connectivity index (χ3v) is 2.69. The third-order valence-electron chi connectivity index (χ3n) is 2.69. The van der Waals surface area contributed by atoms with Crippen molar-refractivity contribution < 1.29 is 9.47 Å². The zero-order valence-corrected chi connectivity index (χ0v) is 10.9. The molecule has 0 unspecified atom stereocenters. The summed E-state index contributed by atoms with van der Waals surface area (Å²) in [5, 5.41) is 0. The van der Waals surface area contributed by atoms with E-state index in [1.807, 2.05) is 18.2 Å². The largest absolute Gasteiger partial charge is 0.496 e. The van der Waals surface area contributed by atoms with Crippen molar-refractivity contribution in [2.45, 2.75) is 32.6 Å². The summed E-state index contributed by atoms with van der Waals surface area (Å²) >= 11 is 0. The van der Waals surface area contributed by atoms with Crippen LogP contribution >= 0.6 is 0 Å². The molecule has 0 amide bonds. The lowest BCUT2D eigenvalue weighted by molar-refractivity contribution is 0.304. The van der Waals surface area contributed by atoms with Crippen molar-refractivity contribution in [3.63, 3.8) is 0 Å². The minimum Gasteiger partial charge on any atom is -0.496 e. The van der Waals surface area contributed by atoms with Gasteiger partial charge in [-0.05, 0) is 24.6 Å². The van der Waals surface area contributed by atoms with Crippen LogP contribution in [-0.4, -0.2) is 13.7 Å². The summed E-state index contributed by atoms with van der Waals surface area (Å²) in [6.07, 6.45) is 6.67. The molecule has 94 valence electrons. The summed E-state index contributed by atoms with van der Waals surface area (Å²) in [7, 11) is 1.66. The first-order valence-corrected chi connectivity index (χ1v) is 6.25. The highest BCUT2D eigenvalue weighted by atomic mass is 16.5. The van der Waals surface area contributed by atoms with Crippen molar-refractivity contribution in [3.05, 3.63) is 30.3 Å². The summed E-state index contributed by atoms with van der Waals surface area (Å²) in [4.78, 5) is 0. The summed E-state index contributed by atoms with van der Waals surface area (Å²) in [6, 6.07) is 5.82. The van der Waals surface area contributed by atoms with Crippen LogP contribution in [0.25, 0.3) is 6.08 Å². The topological polar surface area (TPSA) is 18.5 Å². The van der Waals surface area contributed by atoms with Gasteiger partial charge in [-0.2, -0.15) is 0 Å². The fourth-order valence-electron chi connectivity index (χ4n) is 1.68. The van der Waals surface area contributed by atoms with Gasteiger partial charge in [0.1, 0.15) is 11.5 Å². The average Bonchev–Trinajstić information content (AvgIpc) is 2.38. The van der Waals surface area contributed by atoms with Crippen LogP contribution in [0.4, 0.5) is 0 Å². The lowest BCUT2D eigenvalue weighted by atomic mass is 10.2. The summed E-state index contributed by atoms with van der Waals surface area (Å²) in [5.41, 5.74) is 0.971. The van der Waals surface area contributed by atoms with Gasteiger partial charge in [-0.15, -0.1) is 0 Å². The molecule has 0 spiro atoms. The van der Waals surface area contributed by atoms with E-state index in [9.17, 15) is 0 Å². The maximum atomic E-state index is 5.69. The summed E-state index contributed by atoms with van der Waals surface area (Å²) in [6.45, 7) is 6.76. The van der Waals surface area contributed by atoms with E-state index in [1.165, 1.54) is 19.3 Å². The van der Waals surface area contributed by atoms with Crippen LogP contribution in [0.15, 0.2) is 24.8 Å². The molecule has 0 bridgehead atoms. The zero-order chi connectivity index (χ0) is 12.5. The maximum Gasteiger partial charge on any atom is 0.126 e. The molecule has 1 rings (SSSR count). The van der Waals surface area contributed by atoms with E-state index in [0.717, 1.165) is 30.1 Å². The molecule has 0 radical (unpaired) electrons. The van der Waals surface area contributed by atoms with Crippen molar-refractivity contribution in [1.29, 1.82) is 0 Å². The first-order valence-electron chi connectivity index (χ1n) is 6.25. The van der Waals surface area contributed by atoms with Gasteiger partial charge >= 0.3 is 0 Å². The molecular weight excluding hydrogens is 212 g/mol. The van der Waals surface area contributed by atoms with Gasteiger partial charge < -0.3 is 9.47 Å². The molecule has 2 heteroatoms. The number of hydrogen-bond donors (Lipinski definition) is 0. The lowest BCUT2D eigenvalue weighted by Crippen LogP contribution is -1.98. The van der Waals surface area contributed by atoms with E-state index in [2.05, 4.69) is 13.5 Å². The minimum absolute atomic E-state index is 0.781. The van der Waals surface area contributed by atoms with Crippen molar-refractivity contribution in [2.24, 2.45) is 0 Å². The van der Waals surface area contributed by atoms with Crippen molar-refractivity contribution in [2.75, 3.05) is 13.7 Å². The van der Waals surface area contributed by atoms with Gasteiger partial charge in [0, 0.05) is 5.56 Å². The molecule has 1 aromatic carbocycles. The molecule has 0 aliphatic heterocycles. The molecule has 0 fully saturated rings. The molecule has 2 nitrogen and oxygen atoms in total. The predicted octanol–water partition coefficient (Wildman–Crippen LogP) is 4.30. The number of hydrogen-bond acceptors (Lipinski definition) is 2. The monoisotopic (exact) mass is 234 g/mol. The highest BCUT2D eigenvalue weighted by Gasteiger charge is 2.01. The van der Waals surface area contributed by atoms with Gasteiger partial charge in [-0.3, -0.25) is 0 Å². The normalized spacial score (nSPS) is 10.0. The van der Waals surface area contributed by atoms with E-state index >= 15 is 0 Å². The number of benzene rings is 1. The van der Waals surface area contributed by atoms with Gasteiger partial charge in [0.15, 0.2) is 0 Å². The molecule has 0 saturated heterocycles. The van der Waals surface area contributed by atoms with Gasteiger partial charge in [0.25, 0.3) is 0 Å². The van der Waals surface area contributed by atoms with E-state index in [4.69, 9.17) is 9.47 Å². The maximum absolute atomic E-state index is 5.69. The SMILES string of the molecule is C=Cc1cc(OCCCCCC)ccc1OC. The Bertz CT molecular complexity index is 345. The minimum atomic E-state index is 0.781. The van der Waals surface area contributed by atoms with E-state index in [-0.39, 0.29) is 0 Å². The smallest absolute Gasteiger partial charge is 0.126 e. The Labute approximate surface area is 104 Å². The van der Waals surface area contributed by atoms with Gasteiger partial charge in [-0.25, -0.2) is 0 Å². The zero-order valence-electron chi connectivity index (χ0n) is 10.9. The number of methoxy groups -OCH3 is 1. The first-order chi connectivity index (χ1) is 8.31. The van der Waals surface area contributed by atoms with Crippen LogP contribution in [0, 0.1) is 0 Å². The van der Waals surface area contributed by atoms with E-state index in [0.29, 0.717) is 0 Å². The van der Waals surface area contributed by atoms with Crippen molar-refractivity contribution in [1.82, 2.24) is 0 Å². The highest BCUT2D eigenvalue weighted by molar-refractivity contribution is 5.58. The Hall–Kier alpha value is -1.44. The molecule has 0 aliphatic carbocycles. The Balaban J connectivity index is 2.46. The van der Waals surface area contributed by atoms with E-state index < -0.39 is 0 Å². The van der Waals surface area contributed by atoms with Crippen LogP contribution < -0.4 is 9.47 Å². The summed E-state index contributed by atoms with van der Waals surface area (Å²) in [5.74, 6) is 1.72. The summed E-state index contributed by atoms with van der Waals surface area (Å²) < 4.78 is 10.9. The predicted molar refractivity (Wildman–Crippen MR) is 72.7 cm³/mol. The Morgan fingerprint density at radius 3 is 2.71 bits per heavy atom. The Kier molecular flexibility index (Phi) is 6.23. The standard InChI is InChI=1S/C15H22O2/c1-4-6-7-8-11-17-14-9-10-15(16-3)13(5-2)12-14/h5,9-10,12H,2,4,6-8,11H2,1,3H3. The number of ether oxygens (including phenoxy) is 2. The molecule has 17 heavy (non-hydrogen) atoms. The highest BCUT2D eigenvalue weighted by Crippen LogP contribution is 2.24. The molecule has 0 aliphatic rings. The van der Waals surface area contributed by atoms with E-state index in [1.54, 1.807) is 13.2 Å². The second kappa shape index (κ2) is 7.77. The van der Waals surface area contributed by atoms with Crippen LogP contribution in [0.2, 0.25) is 0 Å². The Morgan fingerprint density at radius 2 is 2.06 bits per heavy atom. The molecular formula is C15H22O2. The molecule has 1 aromatic rings. The van der Waals surface area contributed by atoms with Crippen molar-refractivity contribution in [3.8, 4) is 11.5 Å². The fraction of sp³-hybridized carbons (Fsp3) is 0.467. The molecule has 0 N–H and O–H groups in total. The first kappa shape index (κ1) is 13.6. The van der Waals surface area contributed by atoms with Gasteiger partial charge in [-0.1, -0.05) is 38.8 Å². The van der Waals surface area contributed by atoms with Crippen LogP contribution in [0.3, 0.4) is 0 Å². The van der Waals surface area contributed by atoms with Gasteiger partial charge in [0.2, 0.25) is 0 Å². The molecule has 0 heterocycles. The molecule has 0 aromatic heterocycles. The second-order valence-corrected chi connectivity index (χ2v) is 4.02. The third kappa shape index (κ3) is 4.51. The quantitative estimate of drug-likeness (QED) is 0.624. The van der Waals surface area contributed by atoms with Crippen LogP contribution in [0.5, 0.6) is 11.5 Å². The fourth-order valence-corrected chi connectivity index (χ4v) is 1.68.